The maximum absolute atomic E-state index is 4.55. The summed E-state index contributed by atoms with van der Waals surface area (Å²) < 4.78 is 1.81. The van der Waals surface area contributed by atoms with Gasteiger partial charge in [0.15, 0.2) is 5.65 Å². The maximum atomic E-state index is 4.55. The molecule has 2 bridgehead atoms. The highest BCUT2D eigenvalue weighted by molar-refractivity contribution is 5.86. The van der Waals surface area contributed by atoms with Crippen molar-refractivity contribution in [2.45, 2.75) is 39.0 Å². The Morgan fingerprint density at radius 3 is 2.95 bits per heavy atom. The molecule has 0 spiro atoms. The van der Waals surface area contributed by atoms with Crippen molar-refractivity contribution in [2.24, 2.45) is 24.8 Å². The number of nitrogens with one attached hydrogen (secondary N) is 1. The fourth-order valence-electron chi connectivity index (χ4n) is 4.37. The van der Waals surface area contributed by atoms with Crippen LogP contribution in [0.2, 0.25) is 0 Å². The van der Waals surface area contributed by atoms with Crippen LogP contribution in [0.5, 0.6) is 0 Å². The van der Waals surface area contributed by atoms with Gasteiger partial charge in [0.1, 0.15) is 11.6 Å². The average Bonchev–Trinajstić information content (AvgIpc) is 3.15. The molecule has 2 aromatic rings. The van der Waals surface area contributed by atoms with Crippen molar-refractivity contribution >= 4 is 16.9 Å². The van der Waals surface area contributed by atoms with Crippen molar-refractivity contribution in [2.75, 3.05) is 11.9 Å². The Morgan fingerprint density at radius 2 is 2.19 bits per heavy atom. The normalized spacial score (nSPS) is 27.6. The Balaban J connectivity index is 1.45. The van der Waals surface area contributed by atoms with Gasteiger partial charge in [-0.3, -0.25) is 4.68 Å². The average molecular weight is 285 g/mol. The number of rotatable bonds is 4. The molecule has 1 N–H and O–H groups in total. The van der Waals surface area contributed by atoms with E-state index in [0.717, 1.165) is 47.0 Å². The molecule has 2 aliphatic rings. The molecule has 0 aromatic carbocycles. The second-order valence-corrected chi connectivity index (χ2v) is 6.78. The van der Waals surface area contributed by atoms with Gasteiger partial charge in [0, 0.05) is 13.6 Å². The smallest absolute Gasteiger partial charge is 0.163 e. The molecule has 0 radical (unpaired) electrons. The lowest BCUT2D eigenvalue weighted by Crippen LogP contribution is -2.15. The number of nitrogens with zero attached hydrogens (tertiary/aromatic N) is 4. The van der Waals surface area contributed by atoms with E-state index in [9.17, 15) is 0 Å². The van der Waals surface area contributed by atoms with E-state index in [-0.39, 0.29) is 0 Å². The van der Waals surface area contributed by atoms with E-state index in [1.807, 2.05) is 24.9 Å². The summed E-state index contributed by atoms with van der Waals surface area (Å²) in [6.07, 6.45) is 9.02. The monoisotopic (exact) mass is 285 g/mol. The van der Waals surface area contributed by atoms with Gasteiger partial charge in [0.25, 0.3) is 0 Å². The molecule has 2 aliphatic carbocycles. The van der Waals surface area contributed by atoms with Crippen molar-refractivity contribution < 1.29 is 0 Å². The van der Waals surface area contributed by atoms with E-state index in [0.29, 0.717) is 0 Å². The zero-order valence-corrected chi connectivity index (χ0v) is 12.8. The summed E-state index contributed by atoms with van der Waals surface area (Å²) in [7, 11) is 1.92. The zero-order valence-electron chi connectivity index (χ0n) is 12.8. The first-order chi connectivity index (χ1) is 10.2. The van der Waals surface area contributed by atoms with Crippen LogP contribution in [0, 0.1) is 24.7 Å². The van der Waals surface area contributed by atoms with E-state index < -0.39 is 0 Å². The van der Waals surface area contributed by atoms with Crippen molar-refractivity contribution in [1.82, 2.24) is 19.7 Å². The highest BCUT2D eigenvalue weighted by atomic mass is 15.3. The van der Waals surface area contributed by atoms with Crippen LogP contribution in [0.15, 0.2) is 6.20 Å². The minimum atomic E-state index is 0.800. The summed E-state index contributed by atoms with van der Waals surface area (Å²) >= 11 is 0. The summed E-state index contributed by atoms with van der Waals surface area (Å²) in [4.78, 5) is 9.01. The lowest BCUT2D eigenvalue weighted by atomic mass is 9.86. The van der Waals surface area contributed by atoms with E-state index in [1.54, 1.807) is 0 Å². The van der Waals surface area contributed by atoms with Crippen molar-refractivity contribution in [3.63, 3.8) is 0 Å². The zero-order chi connectivity index (χ0) is 14.4. The number of fused-ring (bicyclic) bond motifs is 3. The fourth-order valence-corrected chi connectivity index (χ4v) is 4.37. The molecule has 2 fully saturated rings. The highest BCUT2D eigenvalue weighted by Gasteiger charge is 2.38. The number of aromatic nitrogens is 4. The molecule has 4 rings (SSSR count). The number of aryl methyl sites for hydroxylation is 2. The Kier molecular flexibility index (Phi) is 3.08. The summed E-state index contributed by atoms with van der Waals surface area (Å²) in [6, 6.07) is 0. The maximum Gasteiger partial charge on any atom is 0.163 e. The Labute approximate surface area is 125 Å². The largest absolute Gasteiger partial charge is 0.369 e. The first-order valence-corrected chi connectivity index (χ1v) is 8.11. The van der Waals surface area contributed by atoms with Crippen LogP contribution >= 0.6 is 0 Å². The van der Waals surface area contributed by atoms with Gasteiger partial charge in [-0.05, 0) is 50.4 Å². The standard InChI is InChI=1S/C16H23N5/c1-10-19-15(14-9-18-21(2)16(14)20-10)17-6-5-13-8-11-3-4-12(13)7-11/h9,11-13H,3-8H2,1-2H3,(H,17,19,20)/t11-,12-,13-/m0/s1. The van der Waals surface area contributed by atoms with Crippen molar-refractivity contribution in [1.29, 1.82) is 0 Å². The van der Waals surface area contributed by atoms with Gasteiger partial charge < -0.3 is 5.32 Å². The van der Waals surface area contributed by atoms with Gasteiger partial charge in [-0.15, -0.1) is 0 Å². The van der Waals surface area contributed by atoms with E-state index in [1.165, 1.54) is 32.1 Å². The predicted molar refractivity (Wildman–Crippen MR) is 83.1 cm³/mol. The topological polar surface area (TPSA) is 55.6 Å². The Morgan fingerprint density at radius 1 is 1.29 bits per heavy atom. The third kappa shape index (κ3) is 2.28. The molecule has 3 atom stereocenters. The number of hydrogen-bond acceptors (Lipinski definition) is 4. The first-order valence-electron chi connectivity index (χ1n) is 8.11. The molecule has 0 unspecified atom stereocenters. The third-order valence-corrected chi connectivity index (χ3v) is 5.40. The number of anilines is 1. The van der Waals surface area contributed by atoms with Crippen LogP contribution in [0.4, 0.5) is 5.82 Å². The van der Waals surface area contributed by atoms with Gasteiger partial charge in [-0.2, -0.15) is 5.10 Å². The quantitative estimate of drug-likeness (QED) is 0.938. The lowest BCUT2D eigenvalue weighted by Gasteiger charge is -2.21. The van der Waals surface area contributed by atoms with Crippen LogP contribution in [-0.4, -0.2) is 26.3 Å². The Hall–Kier alpha value is -1.65. The van der Waals surface area contributed by atoms with E-state index in [2.05, 4.69) is 20.4 Å². The predicted octanol–water partition coefficient (Wildman–Crippen LogP) is 2.91. The first kappa shape index (κ1) is 13.0. The van der Waals surface area contributed by atoms with Crippen LogP contribution < -0.4 is 5.32 Å². The van der Waals surface area contributed by atoms with Gasteiger partial charge in [-0.1, -0.05) is 6.42 Å². The van der Waals surface area contributed by atoms with E-state index in [4.69, 9.17) is 0 Å². The molecule has 2 saturated carbocycles. The summed E-state index contributed by atoms with van der Waals surface area (Å²) in [6.45, 7) is 2.95. The van der Waals surface area contributed by atoms with Crippen LogP contribution in [-0.2, 0) is 7.05 Å². The molecular weight excluding hydrogens is 262 g/mol. The molecule has 2 heterocycles. The van der Waals surface area contributed by atoms with Crippen LogP contribution in [0.25, 0.3) is 11.0 Å². The minimum Gasteiger partial charge on any atom is -0.369 e. The Bertz CT molecular complexity index is 662. The number of hydrogen-bond donors (Lipinski definition) is 1. The second kappa shape index (κ2) is 4.97. The fraction of sp³-hybridized carbons (Fsp3) is 0.688. The molecule has 5 nitrogen and oxygen atoms in total. The van der Waals surface area contributed by atoms with Crippen molar-refractivity contribution in [3.05, 3.63) is 12.0 Å². The SMILES string of the molecule is Cc1nc(NCC[C@H]2C[C@H]3CC[C@H]2C3)c2cnn(C)c2n1. The third-order valence-electron chi connectivity index (χ3n) is 5.40. The molecule has 0 aliphatic heterocycles. The van der Waals surface area contributed by atoms with E-state index >= 15 is 0 Å². The second-order valence-electron chi connectivity index (χ2n) is 6.78. The highest BCUT2D eigenvalue weighted by Crippen LogP contribution is 2.49. The molecule has 112 valence electrons. The van der Waals surface area contributed by atoms with Gasteiger partial charge >= 0.3 is 0 Å². The van der Waals surface area contributed by atoms with Gasteiger partial charge in [-0.25, -0.2) is 9.97 Å². The molecule has 5 heteroatoms. The van der Waals surface area contributed by atoms with Gasteiger partial charge in [0.2, 0.25) is 0 Å². The van der Waals surface area contributed by atoms with Crippen molar-refractivity contribution in [3.8, 4) is 0 Å². The van der Waals surface area contributed by atoms with Crippen LogP contribution in [0.3, 0.4) is 0 Å². The molecule has 21 heavy (non-hydrogen) atoms. The van der Waals surface area contributed by atoms with Gasteiger partial charge in [0.05, 0.1) is 11.6 Å². The molecule has 2 aromatic heterocycles. The summed E-state index contributed by atoms with van der Waals surface area (Å²) in [5.74, 6) is 4.71. The minimum absolute atomic E-state index is 0.800. The molecule has 0 saturated heterocycles. The summed E-state index contributed by atoms with van der Waals surface area (Å²) in [5, 5.41) is 8.84. The molecular formula is C16H23N5. The van der Waals surface area contributed by atoms with Crippen LogP contribution in [0.1, 0.15) is 37.9 Å². The lowest BCUT2D eigenvalue weighted by molar-refractivity contribution is 0.321. The molecule has 0 amide bonds. The summed E-state index contributed by atoms with van der Waals surface area (Å²) in [5.41, 5.74) is 0.907.